The van der Waals surface area contributed by atoms with Crippen molar-refractivity contribution in [2.24, 2.45) is 0 Å². The molecule has 1 heterocycles. The van der Waals surface area contributed by atoms with E-state index in [0.717, 1.165) is 11.3 Å². The van der Waals surface area contributed by atoms with E-state index in [1.165, 1.54) is 12.4 Å². The Hall–Kier alpha value is -2.79. The van der Waals surface area contributed by atoms with Gasteiger partial charge in [-0.1, -0.05) is 41.9 Å². The zero-order valence-electron chi connectivity index (χ0n) is 13.6. The summed E-state index contributed by atoms with van der Waals surface area (Å²) in [6.07, 6.45) is 2.12. The van der Waals surface area contributed by atoms with Gasteiger partial charge in [0.25, 0.3) is 0 Å². The lowest BCUT2D eigenvalue weighted by atomic mass is 10.1. The highest BCUT2D eigenvalue weighted by Gasteiger charge is 2.06. The second-order valence-electron chi connectivity index (χ2n) is 5.15. The maximum absolute atomic E-state index is 13.5. The molecule has 2 aromatic carbocycles. The van der Waals surface area contributed by atoms with Crippen molar-refractivity contribution >= 4 is 18.0 Å². The standard InChI is InChI=1S/C11H8ClFN2.C8H9NO/c1-7-4-11(15-6-14-7)9-3-2-8(12)5-10(9)13;10-7-9-6-8-4-2-1-3-5-8/h2-6H,1H3;1-5,7H,6H2,(H,9,10). The summed E-state index contributed by atoms with van der Waals surface area (Å²) in [6.45, 7) is 2.45. The fraction of sp³-hybridized carbons (Fsp3) is 0.105. The number of nitrogens with zero attached hydrogens (tertiary/aromatic N) is 2. The van der Waals surface area contributed by atoms with Crippen molar-refractivity contribution in [2.45, 2.75) is 13.5 Å². The Bertz CT molecular complexity index is 828. The summed E-state index contributed by atoms with van der Waals surface area (Å²) in [5, 5.41) is 2.96. The molecule has 3 rings (SSSR count). The first-order chi connectivity index (χ1) is 12.1. The SMILES string of the molecule is Cc1cc(-c2ccc(Cl)cc2F)ncn1.O=CNCc1ccccc1. The molecule has 0 aliphatic rings. The van der Waals surface area contributed by atoms with Crippen LogP contribution in [0.15, 0.2) is 60.9 Å². The predicted molar refractivity (Wildman–Crippen MR) is 96.5 cm³/mol. The number of carbonyl (C=O) groups is 1. The zero-order valence-corrected chi connectivity index (χ0v) is 14.4. The van der Waals surface area contributed by atoms with Crippen LogP contribution in [0, 0.1) is 12.7 Å². The largest absolute Gasteiger partial charge is 0.355 e. The number of carbonyl (C=O) groups excluding carboxylic acids is 1. The Morgan fingerprint density at radius 2 is 1.88 bits per heavy atom. The molecule has 1 amide bonds. The number of benzene rings is 2. The molecular formula is C19H17ClFN3O. The van der Waals surface area contributed by atoms with E-state index in [1.54, 1.807) is 18.2 Å². The van der Waals surface area contributed by atoms with Gasteiger partial charge in [0.15, 0.2) is 0 Å². The molecule has 0 spiro atoms. The predicted octanol–water partition coefficient (Wildman–Crippen LogP) is 4.18. The Balaban J connectivity index is 0.000000196. The van der Waals surface area contributed by atoms with Gasteiger partial charge < -0.3 is 5.32 Å². The Morgan fingerprint density at radius 1 is 1.12 bits per heavy atom. The summed E-state index contributed by atoms with van der Waals surface area (Å²) in [5.74, 6) is -0.374. The molecule has 0 fully saturated rings. The van der Waals surface area contributed by atoms with E-state index >= 15 is 0 Å². The molecule has 0 aliphatic heterocycles. The lowest BCUT2D eigenvalue weighted by Crippen LogP contribution is -2.09. The average molecular weight is 358 g/mol. The smallest absolute Gasteiger partial charge is 0.207 e. The highest BCUT2D eigenvalue weighted by Crippen LogP contribution is 2.23. The van der Waals surface area contributed by atoms with Crippen molar-refractivity contribution in [3.05, 3.63) is 83.0 Å². The normalized spacial score (nSPS) is 9.72. The lowest BCUT2D eigenvalue weighted by molar-refractivity contribution is -0.109. The first kappa shape index (κ1) is 18.5. The van der Waals surface area contributed by atoms with E-state index in [0.29, 0.717) is 29.2 Å². The topological polar surface area (TPSA) is 54.9 Å². The number of aryl methyl sites for hydroxylation is 1. The monoisotopic (exact) mass is 357 g/mol. The van der Waals surface area contributed by atoms with Crippen LogP contribution in [0.4, 0.5) is 4.39 Å². The molecule has 0 saturated carbocycles. The molecule has 3 aromatic rings. The third-order valence-corrected chi connectivity index (χ3v) is 3.48. The van der Waals surface area contributed by atoms with Crippen molar-refractivity contribution < 1.29 is 9.18 Å². The number of aromatic nitrogens is 2. The molecule has 6 heteroatoms. The van der Waals surface area contributed by atoms with Crippen LogP contribution in [0.5, 0.6) is 0 Å². The number of hydrogen-bond acceptors (Lipinski definition) is 3. The van der Waals surface area contributed by atoms with E-state index < -0.39 is 0 Å². The molecule has 0 unspecified atom stereocenters. The molecule has 0 radical (unpaired) electrons. The lowest BCUT2D eigenvalue weighted by Gasteiger charge is -2.03. The first-order valence-electron chi connectivity index (χ1n) is 7.55. The van der Waals surface area contributed by atoms with Crippen LogP contribution in [-0.4, -0.2) is 16.4 Å². The maximum Gasteiger partial charge on any atom is 0.207 e. The molecule has 1 N–H and O–H groups in total. The van der Waals surface area contributed by atoms with Crippen molar-refractivity contribution in [3.63, 3.8) is 0 Å². The van der Waals surface area contributed by atoms with Crippen LogP contribution >= 0.6 is 11.6 Å². The highest BCUT2D eigenvalue weighted by molar-refractivity contribution is 6.30. The minimum absolute atomic E-state index is 0.374. The number of hydrogen-bond donors (Lipinski definition) is 1. The van der Waals surface area contributed by atoms with Crippen LogP contribution in [0.2, 0.25) is 5.02 Å². The van der Waals surface area contributed by atoms with Gasteiger partial charge in [0, 0.05) is 22.8 Å². The van der Waals surface area contributed by atoms with Crippen LogP contribution in [0.25, 0.3) is 11.3 Å². The molecule has 0 bridgehead atoms. The van der Waals surface area contributed by atoms with Gasteiger partial charge >= 0.3 is 0 Å². The van der Waals surface area contributed by atoms with Crippen molar-refractivity contribution in [1.29, 1.82) is 0 Å². The quantitative estimate of drug-likeness (QED) is 0.713. The van der Waals surface area contributed by atoms with Crippen molar-refractivity contribution in [3.8, 4) is 11.3 Å². The summed E-state index contributed by atoms with van der Waals surface area (Å²) in [7, 11) is 0. The Morgan fingerprint density at radius 3 is 2.52 bits per heavy atom. The molecule has 4 nitrogen and oxygen atoms in total. The van der Waals surface area contributed by atoms with E-state index in [2.05, 4.69) is 15.3 Å². The number of nitrogens with one attached hydrogen (secondary N) is 1. The van der Waals surface area contributed by atoms with Gasteiger partial charge in [0.05, 0.1) is 5.69 Å². The van der Waals surface area contributed by atoms with Gasteiger partial charge in [-0.15, -0.1) is 0 Å². The van der Waals surface area contributed by atoms with Crippen LogP contribution in [-0.2, 0) is 11.3 Å². The van der Waals surface area contributed by atoms with E-state index in [-0.39, 0.29) is 5.82 Å². The number of rotatable bonds is 4. The molecule has 0 aliphatic carbocycles. The summed E-state index contributed by atoms with van der Waals surface area (Å²) in [6, 6.07) is 16.0. The number of halogens is 2. The highest BCUT2D eigenvalue weighted by atomic mass is 35.5. The molecule has 25 heavy (non-hydrogen) atoms. The minimum atomic E-state index is -0.374. The van der Waals surface area contributed by atoms with Gasteiger partial charge in [-0.05, 0) is 36.8 Å². The summed E-state index contributed by atoms with van der Waals surface area (Å²) in [4.78, 5) is 17.8. The summed E-state index contributed by atoms with van der Waals surface area (Å²) in [5.41, 5.74) is 2.92. The van der Waals surface area contributed by atoms with Crippen molar-refractivity contribution in [1.82, 2.24) is 15.3 Å². The van der Waals surface area contributed by atoms with E-state index in [4.69, 9.17) is 11.6 Å². The number of amides is 1. The van der Waals surface area contributed by atoms with Crippen LogP contribution < -0.4 is 5.32 Å². The fourth-order valence-electron chi connectivity index (χ4n) is 2.05. The molecular weight excluding hydrogens is 341 g/mol. The fourth-order valence-corrected chi connectivity index (χ4v) is 2.21. The third kappa shape index (κ3) is 5.97. The maximum atomic E-state index is 13.5. The molecule has 1 aromatic heterocycles. The average Bonchev–Trinajstić information content (AvgIpc) is 2.61. The summed E-state index contributed by atoms with van der Waals surface area (Å²) < 4.78 is 13.5. The second-order valence-corrected chi connectivity index (χ2v) is 5.59. The summed E-state index contributed by atoms with van der Waals surface area (Å²) >= 11 is 5.66. The van der Waals surface area contributed by atoms with E-state index in [1.807, 2.05) is 37.3 Å². The Labute approximate surface area is 150 Å². The van der Waals surface area contributed by atoms with Gasteiger partial charge in [-0.2, -0.15) is 0 Å². The van der Waals surface area contributed by atoms with Gasteiger partial charge in [0.2, 0.25) is 6.41 Å². The minimum Gasteiger partial charge on any atom is -0.355 e. The van der Waals surface area contributed by atoms with E-state index in [9.17, 15) is 9.18 Å². The van der Waals surface area contributed by atoms with Crippen LogP contribution in [0.1, 0.15) is 11.3 Å². The second kappa shape index (κ2) is 9.49. The molecule has 128 valence electrons. The zero-order chi connectivity index (χ0) is 18.1. The molecule has 0 atom stereocenters. The first-order valence-corrected chi connectivity index (χ1v) is 7.93. The van der Waals surface area contributed by atoms with Gasteiger partial charge in [-0.25, -0.2) is 14.4 Å². The van der Waals surface area contributed by atoms with Gasteiger partial charge in [-0.3, -0.25) is 4.79 Å². The van der Waals surface area contributed by atoms with Crippen molar-refractivity contribution in [2.75, 3.05) is 0 Å². The third-order valence-electron chi connectivity index (χ3n) is 3.24. The molecule has 0 saturated heterocycles. The van der Waals surface area contributed by atoms with Crippen LogP contribution in [0.3, 0.4) is 0 Å². The Kier molecular flexibility index (Phi) is 7.04. The van der Waals surface area contributed by atoms with Gasteiger partial charge in [0.1, 0.15) is 12.1 Å².